The third-order valence-electron chi connectivity index (χ3n) is 2.19. The van der Waals surface area contributed by atoms with Gasteiger partial charge in [-0.2, -0.15) is 0 Å². The van der Waals surface area contributed by atoms with Gasteiger partial charge < -0.3 is 5.32 Å². The molecule has 0 atom stereocenters. The van der Waals surface area contributed by atoms with Gasteiger partial charge in [0.25, 0.3) is 0 Å². The largest absolute Gasteiger partial charge is 0.309 e. The van der Waals surface area contributed by atoms with Crippen LogP contribution in [0.3, 0.4) is 0 Å². The van der Waals surface area contributed by atoms with Crippen molar-refractivity contribution in [3.63, 3.8) is 0 Å². The maximum Gasteiger partial charge on any atom is 0.142 e. The Labute approximate surface area is 104 Å². The first-order valence-corrected chi connectivity index (χ1v) is 6.33. The van der Waals surface area contributed by atoms with Crippen molar-refractivity contribution in [2.24, 2.45) is 0 Å². The first-order chi connectivity index (χ1) is 8.15. The fraction of sp³-hybridized carbons (Fsp3) is 0.333. The summed E-state index contributed by atoms with van der Waals surface area (Å²) in [5.41, 5.74) is 1.71. The van der Waals surface area contributed by atoms with Crippen LogP contribution in [0.4, 0.5) is 4.39 Å². The van der Waals surface area contributed by atoms with Crippen LogP contribution in [0, 0.1) is 5.82 Å². The van der Waals surface area contributed by atoms with Crippen LogP contribution in [-0.4, -0.2) is 16.0 Å². The number of thiazole rings is 1. The Morgan fingerprint density at radius 1 is 1.41 bits per heavy atom. The molecule has 0 amide bonds. The van der Waals surface area contributed by atoms with Crippen LogP contribution in [0.5, 0.6) is 0 Å². The predicted molar refractivity (Wildman–Crippen MR) is 67.3 cm³/mol. The zero-order valence-corrected chi connectivity index (χ0v) is 10.6. The maximum absolute atomic E-state index is 12.7. The summed E-state index contributed by atoms with van der Waals surface area (Å²) in [6, 6.07) is 3.48. The normalized spacial score (nSPS) is 11.1. The number of hydrogen-bond donors (Lipinski definition) is 1. The van der Waals surface area contributed by atoms with E-state index in [2.05, 4.69) is 29.1 Å². The van der Waals surface area contributed by atoms with Crippen molar-refractivity contribution < 1.29 is 4.39 Å². The molecule has 0 aliphatic rings. The lowest BCUT2D eigenvalue weighted by atomic mass is 10.3. The number of aromatic nitrogens is 2. The number of halogens is 1. The van der Waals surface area contributed by atoms with E-state index in [0.717, 1.165) is 17.2 Å². The van der Waals surface area contributed by atoms with Crippen molar-refractivity contribution in [3.8, 4) is 10.7 Å². The molecule has 0 radical (unpaired) electrons. The molecule has 0 aliphatic heterocycles. The lowest BCUT2D eigenvalue weighted by Gasteiger charge is -2.04. The molecule has 1 N–H and O–H groups in total. The second-order valence-corrected chi connectivity index (χ2v) is 4.90. The van der Waals surface area contributed by atoms with Crippen LogP contribution in [0.2, 0.25) is 0 Å². The highest BCUT2D eigenvalue weighted by Gasteiger charge is 2.06. The zero-order valence-electron chi connectivity index (χ0n) is 9.77. The molecule has 0 fully saturated rings. The lowest BCUT2D eigenvalue weighted by molar-refractivity contribution is 0.583. The highest BCUT2D eigenvalue weighted by molar-refractivity contribution is 7.13. The molecule has 3 nitrogen and oxygen atoms in total. The minimum Gasteiger partial charge on any atom is -0.309 e. The van der Waals surface area contributed by atoms with Crippen molar-refractivity contribution in [2.45, 2.75) is 26.4 Å². The van der Waals surface area contributed by atoms with Crippen molar-refractivity contribution >= 4 is 11.3 Å². The van der Waals surface area contributed by atoms with Crippen LogP contribution in [0.15, 0.2) is 23.7 Å². The number of rotatable bonds is 4. The summed E-state index contributed by atoms with van der Waals surface area (Å²) in [4.78, 5) is 8.46. The van der Waals surface area contributed by atoms with Crippen LogP contribution in [0.1, 0.15) is 19.5 Å². The Morgan fingerprint density at radius 3 is 2.88 bits per heavy atom. The van der Waals surface area contributed by atoms with Gasteiger partial charge in [-0.3, -0.25) is 4.98 Å². The molecule has 0 aliphatic carbocycles. The monoisotopic (exact) mass is 251 g/mol. The van der Waals surface area contributed by atoms with Crippen LogP contribution < -0.4 is 5.32 Å². The Kier molecular flexibility index (Phi) is 3.81. The molecule has 17 heavy (non-hydrogen) atoms. The van der Waals surface area contributed by atoms with Crippen molar-refractivity contribution in [2.75, 3.05) is 0 Å². The Hall–Kier alpha value is -1.33. The van der Waals surface area contributed by atoms with Gasteiger partial charge >= 0.3 is 0 Å². The average Bonchev–Trinajstić information content (AvgIpc) is 2.76. The second-order valence-electron chi connectivity index (χ2n) is 4.04. The Bertz CT molecular complexity index is 479. The van der Waals surface area contributed by atoms with E-state index < -0.39 is 0 Å². The maximum atomic E-state index is 12.7. The van der Waals surface area contributed by atoms with E-state index in [1.807, 2.05) is 5.38 Å². The highest BCUT2D eigenvalue weighted by atomic mass is 32.1. The van der Waals surface area contributed by atoms with Crippen molar-refractivity contribution in [1.29, 1.82) is 0 Å². The summed E-state index contributed by atoms with van der Waals surface area (Å²) in [5.74, 6) is -0.327. The molecule has 0 spiro atoms. The smallest absolute Gasteiger partial charge is 0.142 e. The summed E-state index contributed by atoms with van der Waals surface area (Å²) >= 11 is 1.52. The molecule has 2 aromatic heterocycles. The van der Waals surface area contributed by atoms with Gasteiger partial charge in [0.1, 0.15) is 10.8 Å². The fourth-order valence-corrected chi connectivity index (χ4v) is 2.11. The van der Waals surface area contributed by atoms with E-state index in [1.165, 1.54) is 23.6 Å². The average molecular weight is 251 g/mol. The van der Waals surface area contributed by atoms with Gasteiger partial charge in [0.05, 0.1) is 17.6 Å². The van der Waals surface area contributed by atoms with Crippen LogP contribution >= 0.6 is 11.3 Å². The van der Waals surface area contributed by atoms with Gasteiger partial charge in [-0.1, -0.05) is 13.8 Å². The summed E-state index contributed by atoms with van der Waals surface area (Å²) in [6.07, 6.45) is 1.21. The summed E-state index contributed by atoms with van der Waals surface area (Å²) in [6.45, 7) is 4.93. The number of nitrogens with zero attached hydrogens (tertiary/aromatic N) is 2. The number of nitrogens with one attached hydrogen (secondary N) is 1. The third-order valence-corrected chi connectivity index (χ3v) is 3.10. The van der Waals surface area contributed by atoms with Gasteiger partial charge in [-0.15, -0.1) is 11.3 Å². The Morgan fingerprint density at radius 2 is 2.24 bits per heavy atom. The molecule has 0 aromatic carbocycles. The minimum atomic E-state index is -0.327. The topological polar surface area (TPSA) is 37.8 Å². The van der Waals surface area contributed by atoms with Gasteiger partial charge in [0, 0.05) is 18.0 Å². The first kappa shape index (κ1) is 12.1. The highest BCUT2D eigenvalue weighted by Crippen LogP contribution is 2.21. The molecular formula is C12H14FN3S. The zero-order chi connectivity index (χ0) is 12.3. The van der Waals surface area contributed by atoms with Crippen LogP contribution in [0.25, 0.3) is 10.7 Å². The Balaban J connectivity index is 2.10. The standard InChI is InChI=1S/C12H14FN3S/c1-8(2)14-6-10-7-17-12(16-10)11-4-3-9(13)5-15-11/h3-5,7-8,14H,6H2,1-2H3. The molecule has 2 aromatic rings. The molecule has 0 bridgehead atoms. The van der Waals surface area contributed by atoms with E-state index in [0.29, 0.717) is 11.7 Å². The van der Waals surface area contributed by atoms with Gasteiger partial charge in [0.15, 0.2) is 0 Å². The quantitative estimate of drug-likeness (QED) is 0.908. The van der Waals surface area contributed by atoms with Crippen molar-refractivity contribution in [1.82, 2.24) is 15.3 Å². The summed E-state index contributed by atoms with van der Waals surface area (Å²) in [5, 5.41) is 6.12. The third kappa shape index (κ3) is 3.31. The number of pyridine rings is 1. The van der Waals surface area contributed by atoms with Crippen LogP contribution in [-0.2, 0) is 6.54 Å². The molecule has 2 heterocycles. The summed E-state index contributed by atoms with van der Waals surface area (Å²) < 4.78 is 12.7. The molecule has 0 saturated heterocycles. The molecule has 5 heteroatoms. The second kappa shape index (κ2) is 5.33. The minimum absolute atomic E-state index is 0.327. The fourth-order valence-electron chi connectivity index (χ4n) is 1.32. The molecule has 2 rings (SSSR count). The van der Waals surface area contributed by atoms with E-state index in [9.17, 15) is 4.39 Å². The van der Waals surface area contributed by atoms with Gasteiger partial charge in [0.2, 0.25) is 0 Å². The summed E-state index contributed by atoms with van der Waals surface area (Å²) in [7, 11) is 0. The molecular weight excluding hydrogens is 237 g/mol. The lowest BCUT2D eigenvalue weighted by Crippen LogP contribution is -2.21. The van der Waals surface area contributed by atoms with Crippen molar-refractivity contribution in [3.05, 3.63) is 35.2 Å². The van der Waals surface area contributed by atoms with Gasteiger partial charge in [-0.05, 0) is 12.1 Å². The van der Waals surface area contributed by atoms with E-state index >= 15 is 0 Å². The molecule has 0 unspecified atom stereocenters. The van der Waals surface area contributed by atoms with Gasteiger partial charge in [-0.25, -0.2) is 9.37 Å². The van der Waals surface area contributed by atoms with E-state index in [-0.39, 0.29) is 5.82 Å². The van der Waals surface area contributed by atoms with E-state index in [1.54, 1.807) is 6.07 Å². The predicted octanol–water partition coefficient (Wildman–Crippen LogP) is 2.84. The number of hydrogen-bond acceptors (Lipinski definition) is 4. The van der Waals surface area contributed by atoms with E-state index in [4.69, 9.17) is 0 Å². The molecule has 0 saturated carbocycles. The first-order valence-electron chi connectivity index (χ1n) is 5.45. The molecule has 90 valence electrons. The SMILES string of the molecule is CC(C)NCc1csc(-c2ccc(F)cn2)n1.